The number of aliphatic hydroxyl groups is 1. The predicted molar refractivity (Wildman–Crippen MR) is 128 cm³/mol. The normalized spacial score (nSPS) is 12.4. The highest BCUT2D eigenvalue weighted by Crippen LogP contribution is 2.02. The molecule has 0 aliphatic carbocycles. The van der Waals surface area contributed by atoms with Crippen molar-refractivity contribution in [3.05, 3.63) is 0 Å². The maximum atomic E-state index is 12.7. The van der Waals surface area contributed by atoms with E-state index in [2.05, 4.69) is 16.0 Å². The van der Waals surface area contributed by atoms with Crippen LogP contribution in [0.1, 0.15) is 19.3 Å². The molecule has 0 aromatic carbocycles. The maximum absolute atomic E-state index is 12.7. The fraction of sp³-hybridized carbons (Fsp3) is 0.550. The zero-order chi connectivity index (χ0) is 30.8. The van der Waals surface area contributed by atoms with E-state index < -0.39 is 124 Å². The topological polar surface area (TPSA) is 333 Å². The first-order chi connectivity index (χ1) is 18.7. The van der Waals surface area contributed by atoms with Crippen LogP contribution in [0.5, 0.6) is 0 Å². The van der Waals surface area contributed by atoms with Gasteiger partial charge in [0, 0.05) is 6.42 Å². The minimum absolute atomic E-state index is 0.486. The number of hydrogen-bond donors (Lipinski definition) is 11. The Morgan fingerprint density at radius 2 is 1.12 bits per heavy atom. The Morgan fingerprint density at radius 1 is 0.575 bits per heavy atom. The molecular formula is C20H31N7O13. The SMILES string of the molecule is NCC(=O)N[C@@H](CO)C(=O)NCC(=O)N[C@@H](CC(=O)O)C(=O)N[C@@H](CCC(=O)O)C(=O)NCC(=O)NCC(=O)O. The summed E-state index contributed by atoms with van der Waals surface area (Å²) in [4.78, 5) is 105. The summed E-state index contributed by atoms with van der Waals surface area (Å²) < 4.78 is 0. The Morgan fingerprint density at radius 3 is 1.62 bits per heavy atom. The van der Waals surface area contributed by atoms with Gasteiger partial charge in [-0.15, -0.1) is 0 Å². The second kappa shape index (κ2) is 18.4. The molecule has 0 spiro atoms. The van der Waals surface area contributed by atoms with Crippen molar-refractivity contribution in [3.63, 3.8) is 0 Å². The quantitative estimate of drug-likeness (QED) is 0.0679. The number of aliphatic carboxylic acids is 3. The lowest BCUT2D eigenvalue weighted by Crippen LogP contribution is -2.56. The molecule has 0 saturated carbocycles. The minimum atomic E-state index is -1.81. The molecule has 0 fully saturated rings. The van der Waals surface area contributed by atoms with Gasteiger partial charge in [0.15, 0.2) is 0 Å². The van der Waals surface area contributed by atoms with Crippen molar-refractivity contribution in [2.45, 2.75) is 37.4 Å². The molecule has 0 bridgehead atoms. The molecule has 0 saturated heterocycles. The standard InChI is InChI=1S/C20H31N7O13/c21-4-12(29)26-11(8-28)19(39)24-6-14(31)25-10(3-16(34)35)20(40)27-9(1-2-15(32)33)18(38)23-5-13(30)22-7-17(36)37/h9-11,28H,1-8,21H2,(H,22,30)(H,23,38)(H,24,39)(H,25,31)(H,26,29)(H,27,40)(H,32,33)(H,34,35)(H,36,37)/t9-,10-,11-/m0/s1. The lowest BCUT2D eigenvalue weighted by molar-refractivity contribution is -0.141. The number of carbonyl (C=O) groups excluding carboxylic acids is 6. The van der Waals surface area contributed by atoms with Crippen molar-refractivity contribution < 1.29 is 63.6 Å². The second-order valence-corrected chi connectivity index (χ2v) is 7.82. The third kappa shape index (κ3) is 15.4. The van der Waals surface area contributed by atoms with Crippen molar-refractivity contribution in [3.8, 4) is 0 Å². The molecule has 12 N–H and O–H groups in total. The molecule has 0 aliphatic rings. The van der Waals surface area contributed by atoms with Gasteiger partial charge in [-0.2, -0.15) is 0 Å². The van der Waals surface area contributed by atoms with Gasteiger partial charge in [-0.1, -0.05) is 0 Å². The summed E-state index contributed by atoms with van der Waals surface area (Å²) in [5, 5.41) is 48.0. The highest BCUT2D eigenvalue weighted by atomic mass is 16.4. The molecule has 3 atom stereocenters. The number of carboxylic acid groups (broad SMARTS) is 3. The molecule has 20 nitrogen and oxygen atoms in total. The van der Waals surface area contributed by atoms with Crippen molar-refractivity contribution >= 4 is 53.4 Å². The number of nitrogens with two attached hydrogens (primary N) is 1. The van der Waals surface area contributed by atoms with Crippen molar-refractivity contribution in [2.75, 3.05) is 32.8 Å². The Labute approximate surface area is 225 Å². The molecule has 0 heterocycles. The number of carboxylic acids is 3. The summed E-state index contributed by atoms with van der Waals surface area (Å²) in [7, 11) is 0. The molecule has 6 amide bonds. The Bertz CT molecular complexity index is 988. The number of carbonyl (C=O) groups is 9. The highest BCUT2D eigenvalue weighted by molar-refractivity contribution is 5.96. The number of rotatable bonds is 19. The lowest BCUT2D eigenvalue weighted by Gasteiger charge is -2.22. The van der Waals surface area contributed by atoms with E-state index in [1.54, 1.807) is 0 Å². The van der Waals surface area contributed by atoms with Crippen LogP contribution in [0.15, 0.2) is 0 Å². The van der Waals surface area contributed by atoms with Crippen LogP contribution >= 0.6 is 0 Å². The van der Waals surface area contributed by atoms with Gasteiger partial charge in [0.25, 0.3) is 0 Å². The van der Waals surface area contributed by atoms with Gasteiger partial charge in [-0.25, -0.2) is 0 Å². The van der Waals surface area contributed by atoms with E-state index in [0.717, 1.165) is 0 Å². The van der Waals surface area contributed by atoms with Gasteiger partial charge in [0.05, 0.1) is 32.7 Å². The highest BCUT2D eigenvalue weighted by Gasteiger charge is 2.29. The number of amides is 6. The van der Waals surface area contributed by atoms with Crippen LogP contribution in [-0.2, 0) is 43.2 Å². The first-order valence-corrected chi connectivity index (χ1v) is 11.4. The Kier molecular flexibility index (Phi) is 16.2. The smallest absolute Gasteiger partial charge is 0.322 e. The Hall–Kier alpha value is -4.85. The van der Waals surface area contributed by atoms with E-state index in [1.165, 1.54) is 0 Å². The molecule has 40 heavy (non-hydrogen) atoms. The van der Waals surface area contributed by atoms with Gasteiger partial charge in [-0.3, -0.25) is 43.2 Å². The molecule has 0 unspecified atom stereocenters. The predicted octanol–water partition coefficient (Wildman–Crippen LogP) is -6.84. The summed E-state index contributed by atoms with van der Waals surface area (Å²) in [6.45, 7) is -3.63. The Balaban J connectivity index is 5.31. The van der Waals surface area contributed by atoms with Crippen LogP contribution in [-0.4, -0.2) is 125 Å². The molecule has 0 aromatic rings. The molecule has 0 rings (SSSR count). The second-order valence-electron chi connectivity index (χ2n) is 7.82. The van der Waals surface area contributed by atoms with Gasteiger partial charge in [0.1, 0.15) is 24.7 Å². The monoisotopic (exact) mass is 577 g/mol. The fourth-order valence-electron chi connectivity index (χ4n) is 2.70. The van der Waals surface area contributed by atoms with Gasteiger partial charge < -0.3 is 58.1 Å². The minimum Gasteiger partial charge on any atom is -0.481 e. The average Bonchev–Trinajstić information content (AvgIpc) is 2.88. The van der Waals surface area contributed by atoms with E-state index in [4.69, 9.17) is 21.1 Å². The number of hydrogen-bond acceptors (Lipinski definition) is 11. The first kappa shape index (κ1) is 35.2. The maximum Gasteiger partial charge on any atom is 0.322 e. The van der Waals surface area contributed by atoms with Crippen molar-refractivity contribution in [1.82, 2.24) is 31.9 Å². The molecule has 0 aromatic heterocycles. The van der Waals surface area contributed by atoms with Crippen LogP contribution < -0.4 is 37.6 Å². The average molecular weight is 578 g/mol. The van der Waals surface area contributed by atoms with Crippen LogP contribution in [0.25, 0.3) is 0 Å². The van der Waals surface area contributed by atoms with Gasteiger partial charge in [-0.05, 0) is 6.42 Å². The van der Waals surface area contributed by atoms with Gasteiger partial charge in [0.2, 0.25) is 35.4 Å². The van der Waals surface area contributed by atoms with E-state index in [9.17, 15) is 48.3 Å². The van der Waals surface area contributed by atoms with Crippen molar-refractivity contribution in [1.29, 1.82) is 0 Å². The van der Waals surface area contributed by atoms with Gasteiger partial charge >= 0.3 is 17.9 Å². The molecule has 224 valence electrons. The third-order valence-corrected chi connectivity index (χ3v) is 4.61. The summed E-state index contributed by atoms with van der Waals surface area (Å²) >= 11 is 0. The zero-order valence-electron chi connectivity index (χ0n) is 20.9. The summed E-state index contributed by atoms with van der Waals surface area (Å²) in [6.07, 6.45) is -2.15. The lowest BCUT2D eigenvalue weighted by atomic mass is 10.1. The third-order valence-electron chi connectivity index (χ3n) is 4.61. The van der Waals surface area contributed by atoms with Crippen LogP contribution in [0.3, 0.4) is 0 Å². The van der Waals surface area contributed by atoms with E-state index >= 15 is 0 Å². The fourth-order valence-corrected chi connectivity index (χ4v) is 2.70. The molecular weight excluding hydrogens is 546 g/mol. The molecule has 20 heteroatoms. The van der Waals surface area contributed by atoms with Crippen LogP contribution in [0.2, 0.25) is 0 Å². The molecule has 0 radical (unpaired) electrons. The van der Waals surface area contributed by atoms with Crippen LogP contribution in [0, 0.1) is 0 Å². The largest absolute Gasteiger partial charge is 0.481 e. The van der Waals surface area contributed by atoms with Crippen molar-refractivity contribution in [2.24, 2.45) is 5.73 Å². The zero-order valence-corrected chi connectivity index (χ0v) is 20.9. The van der Waals surface area contributed by atoms with E-state index in [-0.39, 0.29) is 0 Å². The molecule has 0 aliphatic heterocycles. The number of aliphatic hydroxyl groups excluding tert-OH is 1. The van der Waals surface area contributed by atoms with Crippen LogP contribution in [0.4, 0.5) is 0 Å². The van der Waals surface area contributed by atoms with E-state index in [1.807, 2.05) is 16.0 Å². The van der Waals surface area contributed by atoms with E-state index in [0.29, 0.717) is 0 Å². The first-order valence-electron chi connectivity index (χ1n) is 11.4. The number of nitrogens with one attached hydrogen (secondary N) is 6. The summed E-state index contributed by atoms with van der Waals surface area (Å²) in [6, 6.07) is -4.88. The summed E-state index contributed by atoms with van der Waals surface area (Å²) in [5.41, 5.74) is 5.09. The summed E-state index contributed by atoms with van der Waals surface area (Å²) in [5.74, 6) is -10.4.